The average Bonchev–Trinajstić information content (AvgIpc) is 2.74. The molecule has 5 nitrogen and oxygen atoms in total. The van der Waals surface area contributed by atoms with Gasteiger partial charge in [0, 0.05) is 30.8 Å². The fourth-order valence-corrected chi connectivity index (χ4v) is 2.88. The van der Waals surface area contributed by atoms with Crippen molar-refractivity contribution in [1.82, 2.24) is 10.6 Å². The fraction of sp³-hybridized carbons (Fsp3) is 0.625. The predicted octanol–water partition coefficient (Wildman–Crippen LogP) is 3.00. The monoisotopic (exact) mass is 291 g/mol. The molecule has 116 valence electrons. The van der Waals surface area contributed by atoms with E-state index < -0.39 is 0 Å². The fourth-order valence-electron chi connectivity index (χ4n) is 2.88. The maximum Gasteiger partial charge on any atom is 0.269 e. The van der Waals surface area contributed by atoms with Crippen molar-refractivity contribution in [3.63, 3.8) is 0 Å². The van der Waals surface area contributed by atoms with Crippen molar-refractivity contribution in [2.45, 2.75) is 57.7 Å². The number of benzene rings is 1. The molecule has 0 saturated carbocycles. The number of hydrogen-bond acceptors (Lipinski definition) is 4. The van der Waals surface area contributed by atoms with E-state index in [2.05, 4.69) is 17.6 Å². The third-order valence-corrected chi connectivity index (χ3v) is 4.08. The van der Waals surface area contributed by atoms with E-state index in [0.717, 1.165) is 18.5 Å². The second kappa shape index (κ2) is 8.10. The van der Waals surface area contributed by atoms with Crippen LogP contribution >= 0.6 is 0 Å². The first-order valence-electron chi connectivity index (χ1n) is 7.85. The Hall–Kier alpha value is -1.46. The normalized spacial score (nSPS) is 20.7. The summed E-state index contributed by atoms with van der Waals surface area (Å²) in [5, 5.41) is 17.8. The molecule has 0 radical (unpaired) electrons. The molecule has 1 aliphatic rings. The lowest BCUT2D eigenvalue weighted by molar-refractivity contribution is -0.384. The largest absolute Gasteiger partial charge is 0.314 e. The molecule has 2 N–H and O–H groups in total. The first kappa shape index (κ1) is 15.9. The molecular formula is C16H25N3O2. The highest BCUT2D eigenvalue weighted by atomic mass is 16.6. The molecule has 0 bridgehead atoms. The second-order valence-corrected chi connectivity index (χ2v) is 5.95. The molecule has 5 heteroatoms. The number of non-ortho nitro benzene ring substituents is 1. The van der Waals surface area contributed by atoms with E-state index in [9.17, 15) is 10.1 Å². The molecule has 1 heterocycles. The van der Waals surface area contributed by atoms with Crippen LogP contribution in [0, 0.1) is 10.1 Å². The van der Waals surface area contributed by atoms with E-state index in [1.807, 2.05) is 6.07 Å². The van der Waals surface area contributed by atoms with Gasteiger partial charge in [0.1, 0.15) is 0 Å². The zero-order valence-electron chi connectivity index (χ0n) is 12.7. The van der Waals surface area contributed by atoms with Crippen LogP contribution in [0.15, 0.2) is 24.3 Å². The van der Waals surface area contributed by atoms with Crippen LogP contribution in [-0.4, -0.2) is 23.6 Å². The number of nitrogens with one attached hydrogen (secondary N) is 2. The third-order valence-electron chi connectivity index (χ3n) is 4.08. The van der Waals surface area contributed by atoms with E-state index in [1.54, 1.807) is 12.1 Å². The van der Waals surface area contributed by atoms with E-state index in [-0.39, 0.29) is 10.6 Å². The van der Waals surface area contributed by atoms with E-state index in [1.165, 1.54) is 31.7 Å². The molecule has 2 unspecified atom stereocenters. The van der Waals surface area contributed by atoms with Crippen LogP contribution in [0.4, 0.5) is 5.69 Å². The summed E-state index contributed by atoms with van der Waals surface area (Å²) < 4.78 is 0. The van der Waals surface area contributed by atoms with Gasteiger partial charge in [-0.15, -0.1) is 0 Å². The minimum Gasteiger partial charge on any atom is -0.314 e. The standard InChI is InChI=1S/C16H25N3O2/c1-13(10-15-7-3-2-4-9-17-15)18-12-14-6-5-8-16(11-14)19(20)21/h5-6,8,11,13,15,17-18H,2-4,7,9-10,12H2,1H3. The molecule has 1 fully saturated rings. The Kier molecular flexibility index (Phi) is 6.14. The molecule has 2 rings (SSSR count). The molecule has 2 atom stereocenters. The first-order chi connectivity index (χ1) is 10.1. The number of nitro groups is 1. The molecule has 1 aliphatic heterocycles. The van der Waals surface area contributed by atoms with Crippen LogP contribution < -0.4 is 10.6 Å². The summed E-state index contributed by atoms with van der Waals surface area (Å²) in [6.45, 7) is 3.99. The van der Waals surface area contributed by atoms with Crippen LogP contribution in [0.1, 0.15) is 44.6 Å². The highest BCUT2D eigenvalue weighted by Gasteiger charge is 2.14. The summed E-state index contributed by atoms with van der Waals surface area (Å²) >= 11 is 0. The number of nitro benzene ring substituents is 1. The van der Waals surface area contributed by atoms with Gasteiger partial charge in [-0.25, -0.2) is 0 Å². The smallest absolute Gasteiger partial charge is 0.269 e. The van der Waals surface area contributed by atoms with Gasteiger partial charge in [-0.2, -0.15) is 0 Å². The Labute approximate surface area is 126 Å². The molecular weight excluding hydrogens is 266 g/mol. The van der Waals surface area contributed by atoms with Crippen LogP contribution in [0.25, 0.3) is 0 Å². The van der Waals surface area contributed by atoms with E-state index >= 15 is 0 Å². The Morgan fingerprint density at radius 1 is 1.43 bits per heavy atom. The maximum atomic E-state index is 10.8. The summed E-state index contributed by atoms with van der Waals surface area (Å²) in [5.74, 6) is 0. The molecule has 1 aromatic rings. The zero-order valence-corrected chi connectivity index (χ0v) is 12.7. The Bertz CT molecular complexity index is 457. The predicted molar refractivity (Wildman–Crippen MR) is 84.3 cm³/mol. The SMILES string of the molecule is CC(CC1CCCCCN1)NCc1cccc([N+](=O)[O-])c1. The Balaban J connectivity index is 1.79. The first-order valence-corrected chi connectivity index (χ1v) is 7.85. The van der Waals surface area contributed by atoms with Gasteiger partial charge in [0.2, 0.25) is 0 Å². The van der Waals surface area contributed by atoms with E-state index in [4.69, 9.17) is 0 Å². The van der Waals surface area contributed by atoms with Crippen molar-refractivity contribution >= 4 is 5.69 Å². The summed E-state index contributed by atoms with van der Waals surface area (Å²) in [4.78, 5) is 10.4. The lowest BCUT2D eigenvalue weighted by atomic mass is 10.0. The van der Waals surface area contributed by atoms with Crippen LogP contribution in [0.3, 0.4) is 0 Å². The molecule has 1 saturated heterocycles. The van der Waals surface area contributed by atoms with Crippen LogP contribution in [-0.2, 0) is 6.54 Å². The molecule has 0 spiro atoms. The molecule has 0 aromatic heterocycles. The summed E-state index contributed by atoms with van der Waals surface area (Å²) in [6.07, 6.45) is 6.29. The number of hydrogen-bond donors (Lipinski definition) is 2. The summed E-state index contributed by atoms with van der Waals surface area (Å²) in [7, 11) is 0. The zero-order chi connectivity index (χ0) is 15.1. The molecule has 21 heavy (non-hydrogen) atoms. The number of rotatable bonds is 6. The molecule has 0 aliphatic carbocycles. The van der Waals surface area contributed by atoms with Crippen LogP contribution in [0.5, 0.6) is 0 Å². The summed E-state index contributed by atoms with van der Waals surface area (Å²) in [5.41, 5.74) is 1.12. The highest BCUT2D eigenvalue weighted by molar-refractivity contribution is 5.34. The van der Waals surface area contributed by atoms with Gasteiger partial charge >= 0.3 is 0 Å². The Morgan fingerprint density at radius 2 is 2.29 bits per heavy atom. The van der Waals surface area contributed by atoms with Gasteiger partial charge in [-0.05, 0) is 38.3 Å². The molecule has 1 aromatic carbocycles. The van der Waals surface area contributed by atoms with Gasteiger partial charge in [-0.3, -0.25) is 10.1 Å². The topological polar surface area (TPSA) is 67.2 Å². The van der Waals surface area contributed by atoms with Gasteiger partial charge < -0.3 is 10.6 Å². The van der Waals surface area contributed by atoms with E-state index in [0.29, 0.717) is 18.6 Å². The van der Waals surface area contributed by atoms with Gasteiger partial charge in [-0.1, -0.05) is 25.0 Å². The van der Waals surface area contributed by atoms with Crippen molar-refractivity contribution in [1.29, 1.82) is 0 Å². The van der Waals surface area contributed by atoms with Crippen LogP contribution in [0.2, 0.25) is 0 Å². The van der Waals surface area contributed by atoms with Gasteiger partial charge in [0.25, 0.3) is 5.69 Å². The van der Waals surface area contributed by atoms with Gasteiger partial charge in [0.15, 0.2) is 0 Å². The maximum absolute atomic E-state index is 10.8. The lowest BCUT2D eigenvalue weighted by Crippen LogP contribution is -2.36. The van der Waals surface area contributed by atoms with Crippen molar-refractivity contribution < 1.29 is 4.92 Å². The highest BCUT2D eigenvalue weighted by Crippen LogP contribution is 2.15. The second-order valence-electron chi connectivity index (χ2n) is 5.95. The lowest BCUT2D eigenvalue weighted by Gasteiger charge is -2.21. The van der Waals surface area contributed by atoms with Crippen molar-refractivity contribution in [2.24, 2.45) is 0 Å². The summed E-state index contributed by atoms with van der Waals surface area (Å²) in [6, 6.07) is 7.84. The van der Waals surface area contributed by atoms with Crippen molar-refractivity contribution in [2.75, 3.05) is 6.54 Å². The quantitative estimate of drug-likeness (QED) is 0.624. The van der Waals surface area contributed by atoms with Crippen molar-refractivity contribution in [3.8, 4) is 0 Å². The minimum absolute atomic E-state index is 0.160. The minimum atomic E-state index is -0.345. The molecule has 0 amide bonds. The third kappa shape index (κ3) is 5.44. The number of nitrogens with zero attached hydrogens (tertiary/aromatic N) is 1. The van der Waals surface area contributed by atoms with Crippen molar-refractivity contribution in [3.05, 3.63) is 39.9 Å². The van der Waals surface area contributed by atoms with Gasteiger partial charge in [0.05, 0.1) is 4.92 Å². The average molecular weight is 291 g/mol. The Morgan fingerprint density at radius 3 is 3.10 bits per heavy atom.